The molecular formula is C23H31N3O2. The predicted molar refractivity (Wildman–Crippen MR) is 116 cm³/mol. The molecule has 5 nitrogen and oxygen atoms in total. The number of carbonyl (C=O) groups is 1. The Morgan fingerprint density at radius 2 is 1.75 bits per heavy atom. The van der Waals surface area contributed by atoms with Crippen LogP contribution in [0.2, 0.25) is 0 Å². The molecule has 0 bridgehead atoms. The molecule has 1 heterocycles. The van der Waals surface area contributed by atoms with Gasteiger partial charge in [-0.2, -0.15) is 0 Å². The average molecular weight is 382 g/mol. The molecule has 2 aromatic rings. The summed E-state index contributed by atoms with van der Waals surface area (Å²) >= 11 is 0. The third-order valence-electron chi connectivity index (χ3n) is 5.40. The molecule has 150 valence electrons. The summed E-state index contributed by atoms with van der Waals surface area (Å²) < 4.78 is 5.44. The van der Waals surface area contributed by atoms with Crippen LogP contribution in [-0.2, 0) is 22.4 Å². The minimum absolute atomic E-state index is 0.0504. The van der Waals surface area contributed by atoms with Gasteiger partial charge in [0.25, 0.3) is 0 Å². The van der Waals surface area contributed by atoms with Crippen LogP contribution in [0.3, 0.4) is 0 Å². The van der Waals surface area contributed by atoms with E-state index in [1.54, 1.807) is 7.11 Å². The highest BCUT2D eigenvalue weighted by Gasteiger charge is 2.31. The molecule has 0 saturated heterocycles. The van der Waals surface area contributed by atoms with Gasteiger partial charge in [-0.15, -0.1) is 0 Å². The molecule has 0 aliphatic carbocycles. The van der Waals surface area contributed by atoms with Crippen LogP contribution >= 0.6 is 0 Å². The Balaban J connectivity index is 1.93. The summed E-state index contributed by atoms with van der Waals surface area (Å²) in [7, 11) is 1.64. The quantitative estimate of drug-likeness (QED) is 0.688. The molecule has 0 fully saturated rings. The van der Waals surface area contributed by atoms with E-state index in [0.29, 0.717) is 6.54 Å². The monoisotopic (exact) mass is 381 g/mol. The zero-order chi connectivity index (χ0) is 20.1. The lowest BCUT2D eigenvalue weighted by Crippen LogP contribution is -2.45. The summed E-state index contributed by atoms with van der Waals surface area (Å²) in [5, 5.41) is 3.52. The molecule has 0 spiro atoms. The van der Waals surface area contributed by atoms with Crippen LogP contribution in [0.15, 0.2) is 42.5 Å². The lowest BCUT2D eigenvalue weighted by atomic mass is 10.0. The molecule has 28 heavy (non-hydrogen) atoms. The van der Waals surface area contributed by atoms with E-state index in [0.717, 1.165) is 36.3 Å². The molecule has 1 aliphatic rings. The standard InChI is InChI=1S/C23H31N3O2/c1-5-17-11-10-12-18(6-2)23(17)26(16-28-4)22(27)15-25-20-14-9-8-13-19(20)24-21(25)7-3/h8-14,21,24H,5-7,15-16H2,1-4H3/t21-/m1/s1. The SMILES string of the molecule is CCc1cccc(CC)c1N(COC)C(=O)CN1c2ccccc2N[C@H]1CC. The first-order chi connectivity index (χ1) is 13.6. The van der Waals surface area contributed by atoms with Crippen LogP contribution in [0.25, 0.3) is 0 Å². The number of hydrogen-bond donors (Lipinski definition) is 1. The fourth-order valence-electron chi connectivity index (χ4n) is 3.97. The number of ether oxygens (including phenoxy) is 1. The Labute approximate surface area is 168 Å². The summed E-state index contributed by atoms with van der Waals surface area (Å²) in [6.45, 7) is 6.95. The summed E-state index contributed by atoms with van der Waals surface area (Å²) in [5.41, 5.74) is 5.53. The third-order valence-corrected chi connectivity index (χ3v) is 5.40. The first kappa shape index (κ1) is 20.2. The van der Waals surface area contributed by atoms with Gasteiger partial charge in [-0.25, -0.2) is 0 Å². The van der Waals surface area contributed by atoms with Crippen molar-refractivity contribution in [2.75, 3.05) is 35.5 Å². The van der Waals surface area contributed by atoms with Crippen molar-refractivity contribution in [2.24, 2.45) is 0 Å². The van der Waals surface area contributed by atoms with Crippen LogP contribution < -0.4 is 15.1 Å². The average Bonchev–Trinajstić information content (AvgIpc) is 3.09. The van der Waals surface area contributed by atoms with Gasteiger partial charge in [0, 0.05) is 7.11 Å². The predicted octanol–water partition coefficient (Wildman–Crippen LogP) is 4.42. The van der Waals surface area contributed by atoms with Crippen LogP contribution in [0.4, 0.5) is 17.1 Å². The van der Waals surface area contributed by atoms with Gasteiger partial charge in [-0.05, 0) is 42.5 Å². The maximum atomic E-state index is 13.5. The van der Waals surface area contributed by atoms with Crippen LogP contribution in [0, 0.1) is 0 Å². The number of benzene rings is 2. The topological polar surface area (TPSA) is 44.8 Å². The van der Waals surface area contributed by atoms with Gasteiger partial charge in [0.2, 0.25) is 5.91 Å². The minimum Gasteiger partial charge on any atom is -0.364 e. The largest absolute Gasteiger partial charge is 0.364 e. The van der Waals surface area contributed by atoms with Crippen molar-refractivity contribution in [3.05, 3.63) is 53.6 Å². The van der Waals surface area contributed by atoms with Gasteiger partial charge in [0.1, 0.15) is 6.73 Å². The highest BCUT2D eigenvalue weighted by Crippen LogP contribution is 2.35. The lowest BCUT2D eigenvalue weighted by molar-refractivity contribution is -0.118. The number of nitrogens with zero attached hydrogens (tertiary/aromatic N) is 2. The zero-order valence-corrected chi connectivity index (χ0v) is 17.4. The Morgan fingerprint density at radius 1 is 1.07 bits per heavy atom. The normalized spacial score (nSPS) is 15.3. The van der Waals surface area contributed by atoms with Gasteiger partial charge in [0.15, 0.2) is 0 Å². The van der Waals surface area contributed by atoms with E-state index >= 15 is 0 Å². The van der Waals surface area contributed by atoms with E-state index in [1.807, 2.05) is 17.0 Å². The highest BCUT2D eigenvalue weighted by atomic mass is 16.5. The van der Waals surface area contributed by atoms with E-state index in [2.05, 4.69) is 61.3 Å². The van der Waals surface area contributed by atoms with Crippen molar-refractivity contribution < 1.29 is 9.53 Å². The molecule has 1 N–H and O–H groups in total. The van der Waals surface area contributed by atoms with E-state index in [9.17, 15) is 4.79 Å². The van der Waals surface area contributed by atoms with Crippen LogP contribution in [-0.4, -0.2) is 32.5 Å². The summed E-state index contributed by atoms with van der Waals surface area (Å²) in [6, 6.07) is 14.5. The first-order valence-corrected chi connectivity index (χ1v) is 10.2. The maximum Gasteiger partial charge on any atom is 0.248 e. The number of para-hydroxylation sites is 3. The second-order valence-electron chi connectivity index (χ2n) is 7.08. The Hall–Kier alpha value is -2.53. The lowest BCUT2D eigenvalue weighted by Gasteiger charge is -2.31. The molecule has 0 saturated carbocycles. The van der Waals surface area contributed by atoms with Crippen molar-refractivity contribution in [3.63, 3.8) is 0 Å². The van der Waals surface area contributed by atoms with Crippen molar-refractivity contribution in [1.82, 2.24) is 0 Å². The number of methoxy groups -OCH3 is 1. The number of amides is 1. The molecule has 2 aromatic carbocycles. The second kappa shape index (κ2) is 9.11. The highest BCUT2D eigenvalue weighted by molar-refractivity contribution is 5.98. The molecule has 0 aromatic heterocycles. The summed E-state index contributed by atoms with van der Waals surface area (Å²) in [4.78, 5) is 17.5. The number of nitrogens with one attached hydrogen (secondary N) is 1. The van der Waals surface area contributed by atoms with Gasteiger partial charge >= 0.3 is 0 Å². The fraction of sp³-hybridized carbons (Fsp3) is 0.435. The molecule has 0 radical (unpaired) electrons. The zero-order valence-electron chi connectivity index (χ0n) is 17.4. The summed E-state index contributed by atoms with van der Waals surface area (Å²) in [6.07, 6.45) is 2.79. The van der Waals surface area contributed by atoms with Crippen LogP contribution in [0.5, 0.6) is 0 Å². The molecule has 5 heteroatoms. The Morgan fingerprint density at radius 3 is 2.36 bits per heavy atom. The van der Waals surface area contributed by atoms with Crippen molar-refractivity contribution in [3.8, 4) is 0 Å². The second-order valence-corrected chi connectivity index (χ2v) is 7.08. The molecule has 1 aliphatic heterocycles. The molecule has 1 amide bonds. The fourth-order valence-corrected chi connectivity index (χ4v) is 3.97. The Bertz CT molecular complexity index is 799. The van der Waals surface area contributed by atoms with E-state index in [1.165, 1.54) is 11.1 Å². The molecule has 1 atom stereocenters. The van der Waals surface area contributed by atoms with E-state index < -0.39 is 0 Å². The van der Waals surface area contributed by atoms with Gasteiger partial charge in [0.05, 0.1) is 29.8 Å². The van der Waals surface area contributed by atoms with Gasteiger partial charge in [-0.3, -0.25) is 9.69 Å². The Kier molecular flexibility index (Phi) is 6.57. The van der Waals surface area contributed by atoms with Crippen molar-refractivity contribution >= 4 is 23.0 Å². The van der Waals surface area contributed by atoms with E-state index in [-0.39, 0.29) is 18.8 Å². The van der Waals surface area contributed by atoms with Crippen molar-refractivity contribution in [1.29, 1.82) is 0 Å². The van der Waals surface area contributed by atoms with Gasteiger partial charge in [-0.1, -0.05) is 51.1 Å². The number of hydrogen-bond acceptors (Lipinski definition) is 4. The number of aryl methyl sites for hydroxylation is 2. The summed E-state index contributed by atoms with van der Waals surface area (Å²) in [5.74, 6) is 0.0504. The number of carbonyl (C=O) groups excluding carboxylic acids is 1. The van der Waals surface area contributed by atoms with Crippen LogP contribution in [0.1, 0.15) is 38.3 Å². The minimum atomic E-state index is 0.0504. The van der Waals surface area contributed by atoms with E-state index in [4.69, 9.17) is 4.74 Å². The number of rotatable bonds is 8. The number of anilines is 3. The molecular weight excluding hydrogens is 350 g/mol. The molecule has 0 unspecified atom stereocenters. The van der Waals surface area contributed by atoms with Gasteiger partial charge < -0.3 is 15.0 Å². The molecule has 3 rings (SSSR count). The first-order valence-electron chi connectivity index (χ1n) is 10.2. The van der Waals surface area contributed by atoms with Crippen molar-refractivity contribution in [2.45, 2.75) is 46.2 Å². The number of fused-ring (bicyclic) bond motifs is 1. The third kappa shape index (κ3) is 3.85. The smallest absolute Gasteiger partial charge is 0.248 e. The maximum absolute atomic E-state index is 13.5.